The van der Waals surface area contributed by atoms with E-state index in [0.717, 1.165) is 30.0 Å². The summed E-state index contributed by atoms with van der Waals surface area (Å²) in [5.41, 5.74) is 2.70. The van der Waals surface area contributed by atoms with Crippen molar-refractivity contribution in [2.45, 2.75) is 64.0 Å². The number of carbonyl (C=O) groups excluding carboxylic acids is 1. The molecule has 0 saturated carbocycles. The summed E-state index contributed by atoms with van der Waals surface area (Å²) in [6.45, 7) is 7.81. The van der Waals surface area contributed by atoms with Crippen molar-refractivity contribution in [3.8, 4) is 5.75 Å². The van der Waals surface area contributed by atoms with Crippen LogP contribution in [0.4, 0.5) is 5.69 Å². The predicted molar refractivity (Wildman–Crippen MR) is 127 cm³/mol. The molecule has 0 bridgehead atoms. The number of nitrogens with zero attached hydrogens (tertiary/aromatic N) is 1. The van der Waals surface area contributed by atoms with Gasteiger partial charge >= 0.3 is 0 Å². The van der Waals surface area contributed by atoms with Gasteiger partial charge in [-0.05, 0) is 41.8 Å². The minimum absolute atomic E-state index is 0.0647. The first-order valence-corrected chi connectivity index (χ1v) is 11.6. The number of carbonyl (C=O) groups is 1. The second kappa shape index (κ2) is 8.78. The fourth-order valence-corrected chi connectivity index (χ4v) is 4.93. The molecule has 2 aliphatic heterocycles. The van der Waals surface area contributed by atoms with E-state index in [-0.39, 0.29) is 11.3 Å². The van der Waals surface area contributed by atoms with Crippen molar-refractivity contribution in [3.63, 3.8) is 0 Å². The molecular formula is C27H34N2O2. The second-order valence-corrected chi connectivity index (χ2v) is 9.21. The predicted octanol–water partition coefficient (Wildman–Crippen LogP) is 5.67. The Hall–Kier alpha value is -2.75. The number of nitrogens with one attached hydrogen (secondary N) is 1. The lowest BCUT2D eigenvalue weighted by Gasteiger charge is -2.40. The molecule has 2 aromatic carbocycles. The molecule has 1 atom stereocenters. The van der Waals surface area contributed by atoms with E-state index in [2.05, 4.69) is 73.5 Å². The molecule has 0 aliphatic carbocycles. The van der Waals surface area contributed by atoms with Gasteiger partial charge in [-0.25, -0.2) is 0 Å². The molecule has 4 nitrogen and oxygen atoms in total. The third-order valence-electron chi connectivity index (χ3n) is 6.79. The van der Waals surface area contributed by atoms with Gasteiger partial charge in [-0.2, -0.15) is 0 Å². The van der Waals surface area contributed by atoms with Gasteiger partial charge in [0.15, 0.2) is 0 Å². The van der Waals surface area contributed by atoms with Gasteiger partial charge in [-0.3, -0.25) is 4.79 Å². The van der Waals surface area contributed by atoms with Crippen LogP contribution in [0.15, 0.2) is 54.6 Å². The van der Waals surface area contributed by atoms with Crippen molar-refractivity contribution >= 4 is 17.7 Å². The highest BCUT2D eigenvalue weighted by Crippen LogP contribution is 2.52. The first-order valence-electron chi connectivity index (χ1n) is 11.6. The van der Waals surface area contributed by atoms with Crippen LogP contribution < -0.4 is 15.0 Å². The Morgan fingerprint density at radius 3 is 2.55 bits per heavy atom. The van der Waals surface area contributed by atoms with Crippen LogP contribution in [0.2, 0.25) is 0 Å². The summed E-state index contributed by atoms with van der Waals surface area (Å²) in [6.07, 6.45) is 10.5. The van der Waals surface area contributed by atoms with Gasteiger partial charge in [0.2, 0.25) is 5.91 Å². The van der Waals surface area contributed by atoms with Gasteiger partial charge in [-0.15, -0.1) is 0 Å². The molecule has 0 radical (unpaired) electrons. The minimum Gasteiger partial charge on any atom is -0.494 e. The van der Waals surface area contributed by atoms with E-state index in [1.54, 1.807) is 0 Å². The monoisotopic (exact) mass is 418 g/mol. The van der Waals surface area contributed by atoms with Gasteiger partial charge in [0.05, 0.1) is 13.2 Å². The zero-order valence-corrected chi connectivity index (χ0v) is 19.0. The van der Waals surface area contributed by atoms with Crippen LogP contribution in [-0.2, 0) is 10.2 Å². The number of hydrogen-bond donors (Lipinski definition) is 1. The molecule has 0 unspecified atom stereocenters. The summed E-state index contributed by atoms with van der Waals surface area (Å²) >= 11 is 0. The fraction of sp³-hybridized carbons (Fsp3) is 0.444. The lowest BCUT2D eigenvalue weighted by atomic mass is 9.75. The molecule has 1 saturated heterocycles. The molecule has 164 valence electrons. The van der Waals surface area contributed by atoms with Crippen molar-refractivity contribution in [1.82, 2.24) is 5.32 Å². The van der Waals surface area contributed by atoms with Crippen LogP contribution in [0.25, 0.3) is 6.08 Å². The molecular weight excluding hydrogens is 384 g/mol. The summed E-state index contributed by atoms with van der Waals surface area (Å²) in [5, 5.41) is 3.27. The Labute approximate surface area is 186 Å². The normalized spacial score (nSPS) is 21.3. The zero-order valence-electron chi connectivity index (χ0n) is 19.0. The van der Waals surface area contributed by atoms with E-state index in [1.807, 2.05) is 18.2 Å². The summed E-state index contributed by atoms with van der Waals surface area (Å²) < 4.78 is 5.89. The summed E-state index contributed by atoms with van der Waals surface area (Å²) in [6, 6.07) is 16.6. The van der Waals surface area contributed by atoms with E-state index < -0.39 is 5.66 Å². The van der Waals surface area contributed by atoms with Gasteiger partial charge in [0.25, 0.3) is 0 Å². The number of hydrogen-bond acceptors (Lipinski definition) is 3. The Morgan fingerprint density at radius 1 is 1.03 bits per heavy atom. The third kappa shape index (κ3) is 3.96. The van der Waals surface area contributed by atoms with Gasteiger partial charge in [0, 0.05) is 11.1 Å². The molecule has 1 amide bonds. The van der Waals surface area contributed by atoms with Crippen molar-refractivity contribution in [3.05, 3.63) is 65.7 Å². The van der Waals surface area contributed by atoms with Crippen molar-refractivity contribution < 1.29 is 9.53 Å². The minimum atomic E-state index is -0.554. The number of para-hydroxylation sites is 1. The molecule has 1 fully saturated rings. The molecule has 2 heterocycles. The van der Waals surface area contributed by atoms with Crippen LogP contribution in [-0.4, -0.2) is 24.7 Å². The fourth-order valence-electron chi connectivity index (χ4n) is 4.93. The number of unbranched alkanes of at least 4 members (excludes halogenated alkanes) is 4. The van der Waals surface area contributed by atoms with E-state index in [0.29, 0.717) is 6.54 Å². The van der Waals surface area contributed by atoms with Crippen LogP contribution in [0, 0.1) is 0 Å². The van der Waals surface area contributed by atoms with E-state index in [9.17, 15) is 4.79 Å². The van der Waals surface area contributed by atoms with Crippen LogP contribution in [0.3, 0.4) is 0 Å². The lowest BCUT2D eigenvalue weighted by molar-refractivity contribution is -0.118. The molecule has 31 heavy (non-hydrogen) atoms. The van der Waals surface area contributed by atoms with E-state index in [4.69, 9.17) is 4.74 Å². The molecule has 1 N–H and O–H groups in total. The maximum atomic E-state index is 12.4. The third-order valence-corrected chi connectivity index (χ3v) is 6.79. The van der Waals surface area contributed by atoms with Crippen molar-refractivity contribution in [2.24, 2.45) is 0 Å². The van der Waals surface area contributed by atoms with Crippen LogP contribution in [0.5, 0.6) is 5.75 Å². The van der Waals surface area contributed by atoms with E-state index in [1.165, 1.54) is 31.2 Å². The summed E-state index contributed by atoms with van der Waals surface area (Å²) in [5.74, 6) is 0.977. The molecule has 0 aromatic heterocycles. The zero-order chi connectivity index (χ0) is 21.9. The Kier molecular flexibility index (Phi) is 6.08. The largest absolute Gasteiger partial charge is 0.494 e. The van der Waals surface area contributed by atoms with Gasteiger partial charge < -0.3 is 15.0 Å². The van der Waals surface area contributed by atoms with Gasteiger partial charge in [-0.1, -0.05) is 82.9 Å². The van der Waals surface area contributed by atoms with Gasteiger partial charge in [0.1, 0.15) is 11.4 Å². The first kappa shape index (κ1) is 21.5. The Bertz CT molecular complexity index is 948. The molecule has 2 aromatic rings. The number of ether oxygens (including phenoxy) is 1. The number of fused-ring (bicyclic) bond motifs is 3. The van der Waals surface area contributed by atoms with E-state index >= 15 is 0 Å². The molecule has 4 heteroatoms. The molecule has 0 spiro atoms. The highest BCUT2D eigenvalue weighted by molar-refractivity contribution is 5.91. The molecule has 4 rings (SSSR count). The molecule has 2 aliphatic rings. The maximum Gasteiger partial charge on any atom is 0.241 e. The number of anilines is 1. The second-order valence-electron chi connectivity index (χ2n) is 9.21. The Morgan fingerprint density at radius 2 is 1.77 bits per heavy atom. The average Bonchev–Trinajstić information content (AvgIpc) is 3.20. The van der Waals surface area contributed by atoms with Crippen LogP contribution in [0.1, 0.15) is 64.0 Å². The van der Waals surface area contributed by atoms with Crippen molar-refractivity contribution in [1.29, 1.82) is 0 Å². The maximum absolute atomic E-state index is 12.4. The lowest BCUT2D eigenvalue weighted by Crippen LogP contribution is -2.58. The number of amides is 1. The first-order chi connectivity index (χ1) is 15.0. The topological polar surface area (TPSA) is 41.6 Å². The van der Waals surface area contributed by atoms with Crippen molar-refractivity contribution in [2.75, 3.05) is 18.1 Å². The SMILES string of the molecule is CCCCCCCOc1ccc(/C=C/[C@]23NC(=O)CN2c2ccccc2C3(C)C)cc1. The standard InChI is InChI=1S/C27H34N2O2/c1-4-5-6-7-10-19-31-22-15-13-21(14-16-22)17-18-27-26(2,3)23-11-8-9-12-24(23)29(27)20-25(30)28-27/h8-9,11-18H,4-7,10,19-20H2,1-3H3,(H,28,30)/b18-17+/t27-/m0/s1. The summed E-state index contributed by atoms with van der Waals surface area (Å²) in [4.78, 5) is 14.6. The highest BCUT2D eigenvalue weighted by Gasteiger charge is 2.59. The number of rotatable bonds is 9. The Balaban J connectivity index is 1.46. The highest BCUT2D eigenvalue weighted by atomic mass is 16.5. The quantitative estimate of drug-likeness (QED) is 0.533. The average molecular weight is 419 g/mol. The number of benzene rings is 2. The smallest absolute Gasteiger partial charge is 0.241 e. The summed E-state index contributed by atoms with van der Waals surface area (Å²) in [7, 11) is 0. The van der Waals surface area contributed by atoms with Crippen LogP contribution >= 0.6 is 0 Å².